The molecule has 0 amide bonds. The molecule has 0 spiro atoms. The molecule has 72 valence electrons. The van der Waals surface area contributed by atoms with Crippen LogP contribution in [0.3, 0.4) is 0 Å². The summed E-state index contributed by atoms with van der Waals surface area (Å²) >= 11 is 11.8. The van der Waals surface area contributed by atoms with Crippen LogP contribution in [-0.2, 0) is 0 Å². The van der Waals surface area contributed by atoms with Gasteiger partial charge in [0.15, 0.2) is 0 Å². The minimum Gasteiger partial charge on any atom is -0.382 e. The molecule has 14 heavy (non-hydrogen) atoms. The van der Waals surface area contributed by atoms with Gasteiger partial charge in [-0.25, -0.2) is 0 Å². The Hall–Kier alpha value is -1.19. The number of anilines is 1. The van der Waals surface area contributed by atoms with E-state index in [1.807, 2.05) is 6.07 Å². The summed E-state index contributed by atoms with van der Waals surface area (Å²) in [5.74, 6) is 0.436. The number of nitrogens with zero attached hydrogens (tertiary/aromatic N) is 1. The Morgan fingerprint density at radius 2 is 2.00 bits per heavy atom. The molecule has 0 radical (unpaired) electrons. The van der Waals surface area contributed by atoms with Crippen molar-refractivity contribution in [2.45, 2.75) is 0 Å². The first-order chi connectivity index (χ1) is 6.66. The van der Waals surface area contributed by atoms with Gasteiger partial charge in [-0.1, -0.05) is 23.2 Å². The second-order valence-corrected chi connectivity index (χ2v) is 3.67. The van der Waals surface area contributed by atoms with E-state index in [2.05, 4.69) is 10.2 Å². The zero-order valence-electron chi connectivity index (χ0n) is 7.09. The number of rotatable bonds is 1. The fraction of sp³-hybridized carbons (Fsp3) is 0. The van der Waals surface area contributed by atoms with Crippen LogP contribution in [0.4, 0.5) is 5.82 Å². The van der Waals surface area contributed by atoms with E-state index in [0.29, 0.717) is 15.9 Å². The number of aromatic amines is 1. The van der Waals surface area contributed by atoms with Gasteiger partial charge in [0.1, 0.15) is 5.82 Å². The molecule has 2 rings (SSSR count). The first kappa shape index (κ1) is 9.37. The van der Waals surface area contributed by atoms with Gasteiger partial charge in [0, 0.05) is 16.7 Å². The van der Waals surface area contributed by atoms with Crippen molar-refractivity contribution in [3.8, 4) is 11.3 Å². The van der Waals surface area contributed by atoms with Crippen LogP contribution < -0.4 is 5.73 Å². The largest absolute Gasteiger partial charge is 0.382 e. The summed E-state index contributed by atoms with van der Waals surface area (Å²) in [6.07, 6.45) is 0. The zero-order chi connectivity index (χ0) is 10.1. The zero-order valence-corrected chi connectivity index (χ0v) is 8.60. The van der Waals surface area contributed by atoms with Crippen molar-refractivity contribution in [3.05, 3.63) is 34.3 Å². The molecular weight excluding hydrogens is 221 g/mol. The second kappa shape index (κ2) is 3.52. The molecule has 1 heterocycles. The maximum absolute atomic E-state index is 6.00. The molecule has 1 aromatic carbocycles. The maximum Gasteiger partial charge on any atom is 0.145 e. The number of H-pyrrole nitrogens is 1. The standard InChI is InChI=1S/C9H7Cl2N3/c10-5-1-2-6(7(11)3-5)8-4-9(12)14-13-8/h1-4H,(H3,12,13,14). The summed E-state index contributed by atoms with van der Waals surface area (Å²) in [4.78, 5) is 0. The topological polar surface area (TPSA) is 54.7 Å². The number of hydrogen-bond acceptors (Lipinski definition) is 2. The van der Waals surface area contributed by atoms with Crippen LogP contribution >= 0.6 is 23.2 Å². The predicted molar refractivity (Wildman–Crippen MR) is 58.5 cm³/mol. The van der Waals surface area contributed by atoms with Crippen LogP contribution in [0.1, 0.15) is 0 Å². The summed E-state index contributed by atoms with van der Waals surface area (Å²) < 4.78 is 0. The summed E-state index contributed by atoms with van der Waals surface area (Å²) in [6.45, 7) is 0. The van der Waals surface area contributed by atoms with Crippen LogP contribution in [0.5, 0.6) is 0 Å². The van der Waals surface area contributed by atoms with Crippen molar-refractivity contribution in [2.24, 2.45) is 0 Å². The van der Waals surface area contributed by atoms with Gasteiger partial charge >= 0.3 is 0 Å². The molecule has 0 bridgehead atoms. The smallest absolute Gasteiger partial charge is 0.145 e. The minimum atomic E-state index is 0.436. The average Bonchev–Trinajstić information content (AvgIpc) is 2.51. The van der Waals surface area contributed by atoms with Crippen LogP contribution in [-0.4, -0.2) is 10.2 Å². The van der Waals surface area contributed by atoms with E-state index in [1.54, 1.807) is 18.2 Å². The number of halogens is 2. The quantitative estimate of drug-likeness (QED) is 0.788. The van der Waals surface area contributed by atoms with E-state index in [4.69, 9.17) is 28.9 Å². The van der Waals surface area contributed by atoms with E-state index in [9.17, 15) is 0 Å². The third-order valence-electron chi connectivity index (χ3n) is 1.82. The number of nitrogens with two attached hydrogens (primary N) is 1. The molecule has 3 N–H and O–H groups in total. The third kappa shape index (κ3) is 1.69. The van der Waals surface area contributed by atoms with Crippen molar-refractivity contribution in [1.29, 1.82) is 0 Å². The monoisotopic (exact) mass is 227 g/mol. The van der Waals surface area contributed by atoms with Crippen molar-refractivity contribution in [3.63, 3.8) is 0 Å². The van der Waals surface area contributed by atoms with E-state index in [1.165, 1.54) is 0 Å². The molecular formula is C9H7Cl2N3. The summed E-state index contributed by atoms with van der Waals surface area (Å²) in [5.41, 5.74) is 7.10. The minimum absolute atomic E-state index is 0.436. The highest BCUT2D eigenvalue weighted by atomic mass is 35.5. The Bertz CT molecular complexity index is 465. The fourth-order valence-electron chi connectivity index (χ4n) is 1.18. The molecule has 1 aromatic heterocycles. The van der Waals surface area contributed by atoms with E-state index in [0.717, 1.165) is 11.3 Å². The lowest BCUT2D eigenvalue weighted by Crippen LogP contribution is -1.81. The molecule has 0 aliphatic rings. The maximum atomic E-state index is 6.00. The SMILES string of the molecule is Nc1cc(-c2ccc(Cl)cc2Cl)[nH]n1. The highest BCUT2D eigenvalue weighted by molar-refractivity contribution is 6.36. The van der Waals surface area contributed by atoms with Crippen molar-refractivity contribution in [1.82, 2.24) is 10.2 Å². The van der Waals surface area contributed by atoms with Gasteiger partial charge in [0.2, 0.25) is 0 Å². The molecule has 2 aromatic rings. The predicted octanol–water partition coefficient (Wildman–Crippen LogP) is 2.97. The van der Waals surface area contributed by atoms with Crippen molar-refractivity contribution < 1.29 is 0 Å². The van der Waals surface area contributed by atoms with Gasteiger partial charge in [0.05, 0.1) is 10.7 Å². The molecule has 5 heteroatoms. The Balaban J connectivity index is 2.52. The normalized spacial score (nSPS) is 10.4. The van der Waals surface area contributed by atoms with Crippen molar-refractivity contribution in [2.75, 3.05) is 5.73 Å². The lowest BCUT2D eigenvalue weighted by Gasteiger charge is -2.00. The van der Waals surface area contributed by atoms with Crippen LogP contribution in [0.2, 0.25) is 10.0 Å². The molecule has 0 unspecified atom stereocenters. The third-order valence-corrected chi connectivity index (χ3v) is 2.37. The number of nitrogen functional groups attached to an aromatic ring is 1. The lowest BCUT2D eigenvalue weighted by molar-refractivity contribution is 1.10. The summed E-state index contributed by atoms with van der Waals surface area (Å²) in [7, 11) is 0. The Kier molecular flexibility index (Phi) is 2.35. The molecule has 0 aliphatic heterocycles. The highest BCUT2D eigenvalue weighted by Crippen LogP contribution is 2.29. The van der Waals surface area contributed by atoms with Gasteiger partial charge in [0.25, 0.3) is 0 Å². The Morgan fingerprint density at radius 3 is 2.57 bits per heavy atom. The number of aromatic nitrogens is 2. The van der Waals surface area contributed by atoms with E-state index in [-0.39, 0.29) is 0 Å². The van der Waals surface area contributed by atoms with Crippen molar-refractivity contribution >= 4 is 29.0 Å². The molecule has 3 nitrogen and oxygen atoms in total. The molecule has 0 atom stereocenters. The molecule has 0 fully saturated rings. The molecule has 0 saturated carbocycles. The highest BCUT2D eigenvalue weighted by Gasteiger charge is 2.06. The number of nitrogens with one attached hydrogen (secondary N) is 1. The van der Waals surface area contributed by atoms with E-state index >= 15 is 0 Å². The van der Waals surface area contributed by atoms with Gasteiger partial charge in [-0.3, -0.25) is 5.10 Å². The Labute approximate surface area is 90.8 Å². The first-order valence-corrected chi connectivity index (χ1v) is 4.69. The average molecular weight is 228 g/mol. The first-order valence-electron chi connectivity index (χ1n) is 3.93. The van der Waals surface area contributed by atoms with Crippen LogP contribution in [0.15, 0.2) is 24.3 Å². The molecule has 0 aliphatic carbocycles. The Morgan fingerprint density at radius 1 is 1.21 bits per heavy atom. The van der Waals surface area contributed by atoms with Crippen LogP contribution in [0.25, 0.3) is 11.3 Å². The van der Waals surface area contributed by atoms with Gasteiger partial charge < -0.3 is 5.73 Å². The van der Waals surface area contributed by atoms with Gasteiger partial charge in [-0.15, -0.1) is 0 Å². The number of benzene rings is 1. The molecule has 0 saturated heterocycles. The lowest BCUT2D eigenvalue weighted by atomic mass is 10.1. The number of hydrogen-bond donors (Lipinski definition) is 2. The summed E-state index contributed by atoms with van der Waals surface area (Å²) in [6, 6.07) is 6.97. The fourth-order valence-corrected chi connectivity index (χ4v) is 1.69. The second-order valence-electron chi connectivity index (χ2n) is 2.83. The summed E-state index contributed by atoms with van der Waals surface area (Å²) in [5, 5.41) is 7.77. The van der Waals surface area contributed by atoms with E-state index < -0.39 is 0 Å². The van der Waals surface area contributed by atoms with Gasteiger partial charge in [-0.05, 0) is 18.2 Å². The van der Waals surface area contributed by atoms with Crippen LogP contribution in [0, 0.1) is 0 Å². The van der Waals surface area contributed by atoms with Gasteiger partial charge in [-0.2, -0.15) is 5.10 Å².